The SMILES string of the molecule is Brc1cccn2c(C3CC3)ncc12. The molecule has 0 unspecified atom stereocenters. The molecule has 0 aliphatic heterocycles. The van der Waals surface area contributed by atoms with Crippen molar-refractivity contribution in [3.63, 3.8) is 0 Å². The minimum absolute atomic E-state index is 0.705. The minimum atomic E-state index is 0.705. The summed E-state index contributed by atoms with van der Waals surface area (Å²) in [4.78, 5) is 4.45. The van der Waals surface area contributed by atoms with Crippen molar-refractivity contribution in [2.75, 3.05) is 0 Å². The first-order valence-electron chi connectivity index (χ1n) is 4.48. The van der Waals surface area contributed by atoms with E-state index in [1.807, 2.05) is 18.3 Å². The third-order valence-electron chi connectivity index (χ3n) is 2.49. The summed E-state index contributed by atoms with van der Waals surface area (Å²) in [5.41, 5.74) is 1.17. The highest BCUT2D eigenvalue weighted by Crippen LogP contribution is 2.39. The number of hydrogen-bond donors (Lipinski definition) is 0. The van der Waals surface area contributed by atoms with Crippen LogP contribution < -0.4 is 0 Å². The largest absolute Gasteiger partial charge is 0.302 e. The van der Waals surface area contributed by atoms with Crippen LogP contribution in [0.2, 0.25) is 0 Å². The number of nitrogens with zero attached hydrogens (tertiary/aromatic N) is 2. The number of pyridine rings is 1. The molecular weight excluding hydrogens is 228 g/mol. The van der Waals surface area contributed by atoms with E-state index in [2.05, 4.69) is 31.5 Å². The number of fused-ring (bicyclic) bond motifs is 1. The molecule has 1 aliphatic rings. The molecule has 0 amide bonds. The fourth-order valence-corrected chi connectivity index (χ4v) is 2.10. The van der Waals surface area contributed by atoms with Crippen molar-refractivity contribution >= 4 is 21.4 Å². The normalized spacial score (nSPS) is 16.7. The molecule has 2 nitrogen and oxygen atoms in total. The third kappa shape index (κ3) is 1.10. The molecule has 3 heteroatoms. The van der Waals surface area contributed by atoms with Crippen LogP contribution >= 0.6 is 15.9 Å². The molecule has 2 aromatic rings. The molecule has 0 atom stereocenters. The summed E-state index contributed by atoms with van der Waals surface area (Å²) in [6.45, 7) is 0. The van der Waals surface area contributed by atoms with Crippen LogP contribution in [-0.4, -0.2) is 9.38 Å². The van der Waals surface area contributed by atoms with Gasteiger partial charge in [0.1, 0.15) is 5.82 Å². The van der Waals surface area contributed by atoms with Crippen LogP contribution in [0.15, 0.2) is 29.0 Å². The smallest absolute Gasteiger partial charge is 0.116 e. The van der Waals surface area contributed by atoms with Crippen molar-refractivity contribution in [1.29, 1.82) is 0 Å². The van der Waals surface area contributed by atoms with E-state index < -0.39 is 0 Å². The Balaban J connectivity index is 2.32. The molecule has 1 saturated carbocycles. The number of hydrogen-bond acceptors (Lipinski definition) is 1. The number of rotatable bonds is 1. The maximum atomic E-state index is 4.45. The second-order valence-corrected chi connectivity index (χ2v) is 4.36. The van der Waals surface area contributed by atoms with Gasteiger partial charge in [-0.1, -0.05) is 0 Å². The zero-order valence-corrected chi connectivity index (χ0v) is 8.66. The molecule has 0 saturated heterocycles. The summed E-state index contributed by atoms with van der Waals surface area (Å²) in [6.07, 6.45) is 6.62. The maximum Gasteiger partial charge on any atom is 0.116 e. The van der Waals surface area contributed by atoms with E-state index in [-0.39, 0.29) is 0 Å². The Morgan fingerprint density at radius 2 is 2.31 bits per heavy atom. The van der Waals surface area contributed by atoms with Crippen LogP contribution in [0.5, 0.6) is 0 Å². The van der Waals surface area contributed by atoms with Gasteiger partial charge < -0.3 is 4.40 Å². The highest BCUT2D eigenvalue weighted by molar-refractivity contribution is 9.10. The van der Waals surface area contributed by atoms with Crippen molar-refractivity contribution in [2.24, 2.45) is 0 Å². The molecule has 1 fully saturated rings. The first kappa shape index (κ1) is 7.56. The lowest BCUT2D eigenvalue weighted by atomic mass is 10.4. The number of aromatic nitrogens is 2. The summed E-state index contributed by atoms with van der Waals surface area (Å²) >= 11 is 3.52. The molecule has 0 spiro atoms. The van der Waals surface area contributed by atoms with Gasteiger partial charge in [-0.25, -0.2) is 4.98 Å². The van der Waals surface area contributed by atoms with Gasteiger partial charge >= 0.3 is 0 Å². The van der Waals surface area contributed by atoms with Gasteiger partial charge in [-0.3, -0.25) is 0 Å². The standard InChI is InChI=1S/C10H9BrN2/c11-8-2-1-5-13-9(8)6-12-10(13)7-3-4-7/h1-2,5-7H,3-4H2. The van der Waals surface area contributed by atoms with E-state index in [4.69, 9.17) is 0 Å². The van der Waals surface area contributed by atoms with Crippen LogP contribution in [0.3, 0.4) is 0 Å². The Labute approximate surface area is 84.7 Å². The molecule has 0 radical (unpaired) electrons. The fraction of sp³-hybridized carbons (Fsp3) is 0.300. The average molecular weight is 237 g/mol. The van der Waals surface area contributed by atoms with Gasteiger partial charge in [-0.2, -0.15) is 0 Å². The molecule has 66 valence electrons. The van der Waals surface area contributed by atoms with Crippen LogP contribution in [-0.2, 0) is 0 Å². The van der Waals surface area contributed by atoms with Crippen LogP contribution in [0.1, 0.15) is 24.6 Å². The van der Waals surface area contributed by atoms with Crippen molar-refractivity contribution in [3.05, 3.63) is 34.8 Å². The van der Waals surface area contributed by atoms with Crippen molar-refractivity contribution in [1.82, 2.24) is 9.38 Å². The fourth-order valence-electron chi connectivity index (χ4n) is 1.65. The van der Waals surface area contributed by atoms with Crippen LogP contribution in [0.4, 0.5) is 0 Å². The van der Waals surface area contributed by atoms with Gasteiger partial charge in [0.15, 0.2) is 0 Å². The average Bonchev–Trinajstić information content (AvgIpc) is 2.87. The van der Waals surface area contributed by atoms with E-state index in [0.717, 1.165) is 4.47 Å². The molecule has 1 aliphatic carbocycles. The first-order valence-corrected chi connectivity index (χ1v) is 5.27. The Morgan fingerprint density at radius 3 is 3.08 bits per heavy atom. The summed E-state index contributed by atoms with van der Waals surface area (Å²) in [5.74, 6) is 1.92. The van der Waals surface area contributed by atoms with Gasteiger partial charge in [0.25, 0.3) is 0 Å². The van der Waals surface area contributed by atoms with Gasteiger partial charge in [-0.15, -0.1) is 0 Å². The molecule has 0 bridgehead atoms. The van der Waals surface area contributed by atoms with Crippen molar-refractivity contribution < 1.29 is 0 Å². The lowest BCUT2D eigenvalue weighted by molar-refractivity contribution is 0.920. The minimum Gasteiger partial charge on any atom is -0.302 e. The summed E-state index contributed by atoms with van der Waals surface area (Å²) in [7, 11) is 0. The summed E-state index contributed by atoms with van der Waals surface area (Å²) < 4.78 is 3.30. The molecule has 2 aromatic heterocycles. The lowest BCUT2D eigenvalue weighted by Gasteiger charge is -1.99. The lowest BCUT2D eigenvalue weighted by Crippen LogP contribution is -1.91. The Morgan fingerprint density at radius 1 is 1.46 bits per heavy atom. The van der Waals surface area contributed by atoms with E-state index in [9.17, 15) is 0 Å². The summed E-state index contributed by atoms with van der Waals surface area (Å²) in [5, 5.41) is 0. The van der Waals surface area contributed by atoms with Crippen LogP contribution in [0, 0.1) is 0 Å². The quantitative estimate of drug-likeness (QED) is 0.745. The first-order chi connectivity index (χ1) is 6.36. The van der Waals surface area contributed by atoms with Crippen molar-refractivity contribution in [3.8, 4) is 0 Å². The van der Waals surface area contributed by atoms with Crippen LogP contribution in [0.25, 0.3) is 5.52 Å². The monoisotopic (exact) mass is 236 g/mol. The maximum absolute atomic E-state index is 4.45. The number of imidazole rings is 1. The molecule has 2 heterocycles. The topological polar surface area (TPSA) is 17.3 Å². The Hall–Kier alpha value is -0.830. The van der Waals surface area contributed by atoms with E-state index in [1.54, 1.807) is 0 Å². The molecule has 0 aromatic carbocycles. The predicted molar refractivity (Wildman–Crippen MR) is 54.9 cm³/mol. The molecular formula is C10H9BrN2. The van der Waals surface area contributed by atoms with Gasteiger partial charge in [0, 0.05) is 16.6 Å². The Kier molecular flexibility index (Phi) is 1.50. The highest BCUT2D eigenvalue weighted by atomic mass is 79.9. The van der Waals surface area contributed by atoms with Gasteiger partial charge in [-0.05, 0) is 40.9 Å². The second kappa shape index (κ2) is 2.58. The molecule has 13 heavy (non-hydrogen) atoms. The third-order valence-corrected chi connectivity index (χ3v) is 3.16. The zero-order valence-electron chi connectivity index (χ0n) is 7.07. The van der Waals surface area contributed by atoms with Gasteiger partial charge in [0.05, 0.1) is 11.7 Å². The molecule has 0 N–H and O–H groups in total. The highest BCUT2D eigenvalue weighted by Gasteiger charge is 2.27. The Bertz CT molecular complexity index is 457. The summed E-state index contributed by atoms with van der Waals surface area (Å²) in [6, 6.07) is 4.10. The van der Waals surface area contributed by atoms with Crippen molar-refractivity contribution in [2.45, 2.75) is 18.8 Å². The second-order valence-electron chi connectivity index (χ2n) is 3.50. The molecule has 3 rings (SSSR count). The van der Waals surface area contributed by atoms with E-state index in [0.29, 0.717) is 5.92 Å². The zero-order chi connectivity index (χ0) is 8.84. The van der Waals surface area contributed by atoms with Gasteiger partial charge in [0.2, 0.25) is 0 Å². The predicted octanol–water partition coefficient (Wildman–Crippen LogP) is 2.97. The van der Waals surface area contributed by atoms with E-state index in [1.165, 1.54) is 24.2 Å². The van der Waals surface area contributed by atoms with E-state index >= 15 is 0 Å². The number of halogens is 1.